The Hall–Kier alpha value is -1.62. The quantitative estimate of drug-likeness (QED) is 0.841. The lowest BCUT2D eigenvalue weighted by atomic mass is 10.1. The first-order valence-corrected chi connectivity index (χ1v) is 5.81. The average molecular weight is 234 g/mol. The van der Waals surface area contributed by atoms with E-state index in [1.54, 1.807) is 10.7 Å². The van der Waals surface area contributed by atoms with Crippen molar-refractivity contribution in [1.29, 1.82) is 0 Å². The number of fused-ring (bicyclic) bond motifs is 1. The summed E-state index contributed by atoms with van der Waals surface area (Å²) in [5, 5.41) is 17.2. The average Bonchev–Trinajstić information content (AvgIpc) is 2.66. The van der Waals surface area contributed by atoms with Gasteiger partial charge in [-0.3, -0.25) is 0 Å². The van der Waals surface area contributed by atoms with E-state index in [1.807, 2.05) is 33.0 Å². The molecule has 0 spiro atoms. The molecule has 92 valence electrons. The summed E-state index contributed by atoms with van der Waals surface area (Å²) < 4.78 is 1.78. The van der Waals surface area contributed by atoms with Crippen molar-refractivity contribution in [1.82, 2.24) is 14.6 Å². The van der Waals surface area contributed by atoms with Gasteiger partial charge in [0.05, 0.1) is 11.8 Å². The van der Waals surface area contributed by atoms with Crippen molar-refractivity contribution in [3.63, 3.8) is 0 Å². The molecule has 0 saturated carbocycles. The summed E-state index contributed by atoms with van der Waals surface area (Å²) in [5.41, 5.74) is 1.88. The molecule has 1 atom stereocenters. The van der Waals surface area contributed by atoms with Crippen LogP contribution < -0.4 is 5.32 Å². The van der Waals surface area contributed by atoms with E-state index in [0.717, 1.165) is 17.0 Å². The summed E-state index contributed by atoms with van der Waals surface area (Å²) in [6, 6.07) is 1.97. The maximum Gasteiger partial charge on any atom is 0.152 e. The van der Waals surface area contributed by atoms with Gasteiger partial charge in [-0.15, -0.1) is 0 Å². The second kappa shape index (κ2) is 4.71. The van der Waals surface area contributed by atoms with E-state index in [9.17, 15) is 5.11 Å². The minimum atomic E-state index is -0.374. The first-order chi connectivity index (χ1) is 8.08. The second-order valence-electron chi connectivity index (χ2n) is 4.58. The number of nitrogens with zero attached hydrogens (tertiary/aromatic N) is 3. The van der Waals surface area contributed by atoms with Gasteiger partial charge >= 0.3 is 0 Å². The summed E-state index contributed by atoms with van der Waals surface area (Å²) in [6.45, 7) is 6.42. The van der Waals surface area contributed by atoms with Crippen molar-refractivity contribution < 1.29 is 5.11 Å². The van der Waals surface area contributed by atoms with E-state index in [1.165, 1.54) is 0 Å². The van der Waals surface area contributed by atoms with Crippen LogP contribution in [0.15, 0.2) is 18.5 Å². The zero-order valence-electron chi connectivity index (χ0n) is 10.4. The van der Waals surface area contributed by atoms with Crippen LogP contribution in [0.3, 0.4) is 0 Å². The molecular formula is C12H18N4O. The minimum absolute atomic E-state index is 0.230. The third kappa shape index (κ3) is 2.55. The van der Waals surface area contributed by atoms with Crippen molar-refractivity contribution in [2.45, 2.75) is 26.9 Å². The molecular weight excluding hydrogens is 216 g/mol. The van der Waals surface area contributed by atoms with E-state index in [2.05, 4.69) is 15.4 Å². The number of rotatable bonds is 4. The lowest BCUT2D eigenvalue weighted by Crippen LogP contribution is -2.25. The number of anilines is 1. The molecule has 2 N–H and O–H groups in total. The van der Waals surface area contributed by atoms with Crippen LogP contribution in [0.1, 0.15) is 19.5 Å². The van der Waals surface area contributed by atoms with Crippen LogP contribution in [0.25, 0.3) is 5.52 Å². The number of nitrogens with one attached hydrogen (secondary N) is 1. The highest BCUT2D eigenvalue weighted by Gasteiger charge is 2.10. The molecule has 2 heterocycles. The molecule has 0 amide bonds. The van der Waals surface area contributed by atoms with Crippen molar-refractivity contribution in [2.75, 3.05) is 11.9 Å². The Balaban J connectivity index is 2.18. The van der Waals surface area contributed by atoms with Gasteiger partial charge in [-0.25, -0.2) is 9.50 Å². The van der Waals surface area contributed by atoms with Crippen molar-refractivity contribution >= 4 is 11.3 Å². The van der Waals surface area contributed by atoms with E-state index in [-0.39, 0.29) is 12.0 Å². The fourth-order valence-corrected chi connectivity index (χ4v) is 1.62. The monoisotopic (exact) mass is 234 g/mol. The number of aryl methyl sites for hydroxylation is 1. The molecule has 2 aromatic rings. The van der Waals surface area contributed by atoms with Crippen LogP contribution in [0.4, 0.5) is 5.82 Å². The normalized spacial score (nSPS) is 13.2. The van der Waals surface area contributed by atoms with Crippen LogP contribution in [-0.4, -0.2) is 32.4 Å². The Kier molecular flexibility index (Phi) is 3.28. The van der Waals surface area contributed by atoms with Gasteiger partial charge in [-0.1, -0.05) is 13.8 Å². The first-order valence-electron chi connectivity index (χ1n) is 5.81. The smallest absolute Gasteiger partial charge is 0.152 e. The Morgan fingerprint density at radius 1 is 1.47 bits per heavy atom. The number of aromatic nitrogens is 3. The highest BCUT2D eigenvalue weighted by atomic mass is 16.3. The Morgan fingerprint density at radius 3 is 2.94 bits per heavy atom. The van der Waals surface area contributed by atoms with Crippen molar-refractivity contribution in [3.05, 3.63) is 24.2 Å². The fraction of sp³-hybridized carbons (Fsp3) is 0.500. The van der Waals surface area contributed by atoms with Crippen molar-refractivity contribution in [2.24, 2.45) is 5.92 Å². The molecule has 0 aliphatic carbocycles. The molecule has 0 saturated heterocycles. The highest BCUT2D eigenvalue weighted by Crippen LogP contribution is 2.15. The van der Waals surface area contributed by atoms with E-state index >= 15 is 0 Å². The Labute approximate surface area is 100 Å². The summed E-state index contributed by atoms with van der Waals surface area (Å²) in [4.78, 5) is 4.27. The SMILES string of the molecule is Cc1cc2c(NCC(O)C(C)C)nccn2n1. The zero-order valence-corrected chi connectivity index (χ0v) is 10.4. The van der Waals surface area contributed by atoms with Gasteiger partial charge < -0.3 is 10.4 Å². The molecule has 1 unspecified atom stereocenters. The van der Waals surface area contributed by atoms with Gasteiger partial charge in [-0.05, 0) is 18.9 Å². The van der Waals surface area contributed by atoms with Crippen LogP contribution in [0.5, 0.6) is 0 Å². The Bertz CT molecular complexity index is 506. The van der Waals surface area contributed by atoms with Gasteiger partial charge in [0.15, 0.2) is 5.82 Å². The van der Waals surface area contributed by atoms with Gasteiger partial charge in [-0.2, -0.15) is 5.10 Å². The largest absolute Gasteiger partial charge is 0.391 e. The van der Waals surface area contributed by atoms with E-state index in [0.29, 0.717) is 6.54 Å². The standard InChI is InChI=1S/C12H18N4O/c1-8(2)11(17)7-14-12-10-6-9(3)15-16(10)5-4-13-12/h4-6,8,11,17H,7H2,1-3H3,(H,13,14). The minimum Gasteiger partial charge on any atom is -0.391 e. The summed E-state index contributed by atoms with van der Waals surface area (Å²) >= 11 is 0. The zero-order chi connectivity index (χ0) is 12.4. The Morgan fingerprint density at radius 2 is 2.24 bits per heavy atom. The molecule has 0 aliphatic heterocycles. The second-order valence-corrected chi connectivity index (χ2v) is 4.58. The van der Waals surface area contributed by atoms with Gasteiger partial charge in [0.2, 0.25) is 0 Å². The highest BCUT2D eigenvalue weighted by molar-refractivity contribution is 5.67. The van der Waals surface area contributed by atoms with Crippen LogP contribution in [0, 0.1) is 12.8 Å². The maximum atomic E-state index is 9.75. The summed E-state index contributed by atoms with van der Waals surface area (Å²) in [6.07, 6.45) is 3.14. The topological polar surface area (TPSA) is 62.5 Å². The van der Waals surface area contributed by atoms with Crippen LogP contribution >= 0.6 is 0 Å². The number of hydrogen-bond donors (Lipinski definition) is 2. The summed E-state index contributed by atoms with van der Waals surface area (Å²) in [5.74, 6) is 0.988. The lowest BCUT2D eigenvalue weighted by Gasteiger charge is -2.15. The molecule has 0 radical (unpaired) electrons. The molecule has 0 bridgehead atoms. The number of aliphatic hydroxyl groups excluding tert-OH is 1. The third-order valence-corrected chi connectivity index (χ3v) is 2.76. The van der Waals surface area contributed by atoms with Gasteiger partial charge in [0, 0.05) is 18.9 Å². The van der Waals surface area contributed by atoms with Crippen LogP contribution in [0.2, 0.25) is 0 Å². The molecule has 2 rings (SSSR count). The number of aliphatic hydroxyl groups is 1. The molecule has 0 aliphatic rings. The molecule has 0 aromatic carbocycles. The van der Waals surface area contributed by atoms with Gasteiger partial charge in [0.1, 0.15) is 5.52 Å². The van der Waals surface area contributed by atoms with E-state index < -0.39 is 0 Å². The van der Waals surface area contributed by atoms with E-state index in [4.69, 9.17) is 0 Å². The maximum absolute atomic E-state index is 9.75. The molecule has 5 nitrogen and oxygen atoms in total. The molecule has 5 heteroatoms. The predicted octanol–water partition coefficient (Wildman–Crippen LogP) is 1.47. The van der Waals surface area contributed by atoms with Crippen molar-refractivity contribution in [3.8, 4) is 0 Å². The predicted molar refractivity (Wildman–Crippen MR) is 67.1 cm³/mol. The fourth-order valence-electron chi connectivity index (χ4n) is 1.62. The first kappa shape index (κ1) is 11.9. The summed E-state index contributed by atoms with van der Waals surface area (Å²) in [7, 11) is 0. The third-order valence-electron chi connectivity index (χ3n) is 2.76. The van der Waals surface area contributed by atoms with Crippen LogP contribution in [-0.2, 0) is 0 Å². The molecule has 17 heavy (non-hydrogen) atoms. The number of hydrogen-bond acceptors (Lipinski definition) is 4. The molecule has 0 fully saturated rings. The lowest BCUT2D eigenvalue weighted by molar-refractivity contribution is 0.138. The molecule has 2 aromatic heterocycles. The van der Waals surface area contributed by atoms with Gasteiger partial charge in [0.25, 0.3) is 0 Å².